The van der Waals surface area contributed by atoms with Gasteiger partial charge in [0.15, 0.2) is 5.60 Å². The number of alkyl carbamates (subject to hydrolysis) is 1. The summed E-state index contributed by atoms with van der Waals surface area (Å²) >= 11 is 6.22. The minimum absolute atomic E-state index is 0.0383. The number of allylic oxidation sites excluding steroid dienone is 1. The van der Waals surface area contributed by atoms with Gasteiger partial charge in [0.25, 0.3) is 0 Å². The fourth-order valence-corrected chi connectivity index (χ4v) is 6.35. The molecular weight excluding hydrogens is 612 g/mol. The molecule has 46 heavy (non-hydrogen) atoms. The van der Waals surface area contributed by atoms with E-state index in [1.807, 2.05) is 18.2 Å². The largest absolute Gasteiger partial charge is 0.467 e. The van der Waals surface area contributed by atoms with Crippen LogP contribution >= 0.6 is 11.6 Å². The maximum absolute atomic E-state index is 14.4. The van der Waals surface area contributed by atoms with Crippen LogP contribution in [0.4, 0.5) is 4.79 Å². The van der Waals surface area contributed by atoms with Gasteiger partial charge >= 0.3 is 12.1 Å². The summed E-state index contributed by atoms with van der Waals surface area (Å²) in [7, 11) is 1.26. The van der Waals surface area contributed by atoms with Crippen LogP contribution in [0.2, 0.25) is 5.02 Å². The number of likely N-dealkylation sites (tertiary alicyclic amines) is 1. The number of hydrogen-bond acceptors (Lipinski definition) is 8. The first-order chi connectivity index (χ1) is 21.8. The first kappa shape index (κ1) is 35.0. The zero-order valence-electron chi connectivity index (χ0n) is 27.1. The van der Waals surface area contributed by atoms with E-state index in [2.05, 4.69) is 28.9 Å². The first-order valence-corrected chi connectivity index (χ1v) is 16.1. The van der Waals surface area contributed by atoms with Crippen LogP contribution in [-0.2, 0) is 28.7 Å². The molecule has 1 aromatic carbocycles. The van der Waals surface area contributed by atoms with Crippen molar-refractivity contribution < 1.29 is 33.5 Å². The van der Waals surface area contributed by atoms with E-state index >= 15 is 0 Å². The molecule has 2 fully saturated rings. The van der Waals surface area contributed by atoms with Crippen LogP contribution in [0.5, 0.6) is 0 Å². The van der Waals surface area contributed by atoms with Gasteiger partial charge in [0.1, 0.15) is 23.2 Å². The van der Waals surface area contributed by atoms with E-state index < -0.39 is 52.7 Å². The normalized spacial score (nSPS) is 25.6. The maximum Gasteiger partial charge on any atom is 0.408 e. The Morgan fingerprint density at radius 2 is 1.96 bits per heavy atom. The molecule has 1 spiro atoms. The molecule has 3 amide bonds. The second-order valence-electron chi connectivity index (χ2n) is 13.3. The highest BCUT2D eigenvalue weighted by Gasteiger charge is 2.63. The molecule has 1 saturated carbocycles. The summed E-state index contributed by atoms with van der Waals surface area (Å²) in [5, 5.41) is 10.5. The minimum atomic E-state index is -1.25. The van der Waals surface area contributed by atoms with Crippen LogP contribution in [-0.4, -0.2) is 77.0 Å². The van der Waals surface area contributed by atoms with Crippen LogP contribution in [0.15, 0.2) is 54.7 Å². The van der Waals surface area contributed by atoms with Crippen LogP contribution in [0.3, 0.4) is 0 Å². The van der Waals surface area contributed by atoms with E-state index in [1.54, 1.807) is 39.0 Å². The van der Waals surface area contributed by atoms with Crippen LogP contribution in [0.25, 0.3) is 0 Å². The summed E-state index contributed by atoms with van der Waals surface area (Å²) in [5.74, 6) is -1.86. The number of carbonyl (C=O) groups is 4. The Bertz CT molecular complexity index is 1390. The Morgan fingerprint density at radius 1 is 1.20 bits per heavy atom. The molecule has 11 nitrogen and oxygen atoms in total. The van der Waals surface area contributed by atoms with Crippen LogP contribution in [0, 0.1) is 5.92 Å². The van der Waals surface area contributed by atoms with Gasteiger partial charge in [0, 0.05) is 29.3 Å². The number of nitrogens with zero attached hydrogens (tertiary/aromatic N) is 2. The van der Waals surface area contributed by atoms with Gasteiger partial charge in [-0.3, -0.25) is 9.59 Å². The quantitative estimate of drug-likeness (QED) is 0.172. The van der Waals surface area contributed by atoms with Gasteiger partial charge in [-0.15, -0.1) is 13.2 Å². The van der Waals surface area contributed by atoms with Crippen molar-refractivity contribution in [2.75, 3.05) is 13.7 Å². The van der Waals surface area contributed by atoms with E-state index in [4.69, 9.17) is 25.9 Å². The monoisotopic (exact) mass is 656 g/mol. The lowest BCUT2D eigenvalue weighted by molar-refractivity contribution is -0.148. The highest BCUT2D eigenvalue weighted by Crippen LogP contribution is 2.46. The standard InChI is InChI=1S/C34H45ClN4O7/c1-7-9-10-11-12-16-25(36-31(43)45-32(3,4)5)29(41)39-21-33(19-26(38-46-33)22-14-13-15-24(35)17-22)20-27(39)28(40)37-34(30(42)44-6)18-23(34)8-2/h7-8,13-15,17,23,25,27H,1-2,9-12,16,18-21H2,3-6H3,(H,36,43)(H,37,40)/t23-,25+,27+,33-,34-/m1/s1. The van der Waals surface area contributed by atoms with E-state index in [0.29, 0.717) is 36.4 Å². The number of nitrogens with one attached hydrogen (secondary N) is 2. The van der Waals surface area contributed by atoms with Crippen LogP contribution < -0.4 is 10.6 Å². The molecule has 0 unspecified atom stereocenters. The molecule has 3 aliphatic rings. The fraction of sp³-hybridized carbons (Fsp3) is 0.559. The van der Waals surface area contributed by atoms with E-state index in [9.17, 15) is 19.2 Å². The smallest absolute Gasteiger partial charge is 0.408 e. The molecule has 1 saturated heterocycles. The van der Waals surface area contributed by atoms with Crippen molar-refractivity contribution in [2.45, 2.75) is 101 Å². The molecule has 4 rings (SSSR count). The molecule has 1 aromatic rings. The lowest BCUT2D eigenvalue weighted by atomic mass is 9.91. The summed E-state index contributed by atoms with van der Waals surface area (Å²) < 4.78 is 10.5. The van der Waals surface area contributed by atoms with Gasteiger partial charge in [-0.05, 0) is 58.6 Å². The van der Waals surface area contributed by atoms with E-state index in [-0.39, 0.29) is 18.9 Å². The average molecular weight is 657 g/mol. The second kappa shape index (κ2) is 14.3. The maximum atomic E-state index is 14.4. The summed E-state index contributed by atoms with van der Waals surface area (Å²) in [6.45, 7) is 12.8. The van der Waals surface area contributed by atoms with Gasteiger partial charge in [0.05, 0.1) is 19.4 Å². The average Bonchev–Trinajstić information content (AvgIpc) is 3.35. The molecule has 2 N–H and O–H groups in total. The van der Waals surface area contributed by atoms with E-state index in [0.717, 1.165) is 24.8 Å². The van der Waals surface area contributed by atoms with Gasteiger partial charge in [-0.2, -0.15) is 0 Å². The van der Waals surface area contributed by atoms with Gasteiger partial charge in [-0.1, -0.05) is 53.9 Å². The lowest BCUT2D eigenvalue weighted by Crippen LogP contribution is -2.56. The third kappa shape index (κ3) is 8.10. The van der Waals surface area contributed by atoms with E-state index in [1.165, 1.54) is 12.0 Å². The Morgan fingerprint density at radius 3 is 2.59 bits per heavy atom. The Labute approximate surface area is 275 Å². The molecular formula is C34H45ClN4O7. The molecule has 1 aliphatic carbocycles. The van der Waals surface area contributed by atoms with Gasteiger partial charge in [-0.25, -0.2) is 9.59 Å². The molecule has 0 radical (unpaired) electrons. The Kier molecular flexibility index (Phi) is 10.9. The lowest BCUT2D eigenvalue weighted by Gasteiger charge is -2.30. The van der Waals surface area contributed by atoms with Gasteiger partial charge < -0.3 is 29.8 Å². The zero-order valence-corrected chi connectivity index (χ0v) is 27.9. The number of halogens is 1. The predicted octanol–water partition coefficient (Wildman–Crippen LogP) is 5.07. The van der Waals surface area contributed by atoms with Crippen molar-refractivity contribution in [3.63, 3.8) is 0 Å². The van der Waals surface area contributed by atoms with Crippen molar-refractivity contribution in [1.29, 1.82) is 0 Å². The second-order valence-corrected chi connectivity index (χ2v) is 13.7. The number of ether oxygens (including phenoxy) is 2. The zero-order chi connectivity index (χ0) is 33.7. The number of oxime groups is 1. The number of esters is 1. The number of rotatable bonds is 13. The summed E-state index contributed by atoms with van der Waals surface area (Å²) in [4.78, 5) is 61.5. The van der Waals surface area contributed by atoms with Crippen molar-refractivity contribution in [3.8, 4) is 0 Å². The van der Waals surface area contributed by atoms with Crippen LogP contribution in [0.1, 0.15) is 77.7 Å². The number of carbonyl (C=O) groups excluding carboxylic acids is 4. The third-order valence-electron chi connectivity index (χ3n) is 8.57. The van der Waals surface area contributed by atoms with Crippen molar-refractivity contribution in [2.24, 2.45) is 11.1 Å². The van der Waals surface area contributed by atoms with Crippen molar-refractivity contribution >= 4 is 41.2 Å². The number of benzene rings is 1. The Hall–Kier alpha value is -3.86. The van der Waals surface area contributed by atoms with Crippen molar-refractivity contribution in [3.05, 3.63) is 60.2 Å². The summed E-state index contributed by atoms with van der Waals surface area (Å²) in [5.41, 5.74) is -1.62. The molecule has 0 bridgehead atoms. The first-order valence-electron chi connectivity index (χ1n) is 15.7. The number of amides is 3. The molecule has 5 atom stereocenters. The molecule has 250 valence electrons. The predicted molar refractivity (Wildman–Crippen MR) is 174 cm³/mol. The van der Waals surface area contributed by atoms with Gasteiger partial charge in [0.2, 0.25) is 11.8 Å². The highest BCUT2D eigenvalue weighted by atomic mass is 35.5. The molecule has 0 aromatic heterocycles. The number of hydrogen-bond donors (Lipinski definition) is 2. The highest BCUT2D eigenvalue weighted by molar-refractivity contribution is 6.31. The third-order valence-corrected chi connectivity index (χ3v) is 8.80. The molecule has 2 heterocycles. The minimum Gasteiger partial charge on any atom is -0.467 e. The molecule has 2 aliphatic heterocycles. The Balaban J connectivity index is 1.61. The summed E-state index contributed by atoms with van der Waals surface area (Å²) in [6.07, 6.45) is 7.05. The SMILES string of the molecule is C=CCCCCC[C@H](NC(=O)OC(C)(C)C)C(=O)N1C[C@@]2(CC(c3cccc(Cl)c3)=NO2)C[C@H]1C(=O)N[C@]1(C(=O)OC)C[C@H]1C=C. The fourth-order valence-electron chi connectivity index (χ4n) is 6.16. The van der Waals surface area contributed by atoms with Crippen molar-refractivity contribution in [1.82, 2.24) is 15.5 Å². The number of methoxy groups -OCH3 is 1. The number of unbranched alkanes of at least 4 members (excludes halogenated alkanes) is 3. The topological polar surface area (TPSA) is 136 Å². The molecule has 12 heteroatoms. The summed E-state index contributed by atoms with van der Waals surface area (Å²) in [6, 6.07) is 5.24.